The van der Waals surface area contributed by atoms with Gasteiger partial charge < -0.3 is 9.47 Å². The third-order valence-corrected chi connectivity index (χ3v) is 3.33. The molecule has 0 spiro atoms. The van der Waals surface area contributed by atoms with Crippen LogP contribution >= 0.6 is 0 Å². The SMILES string of the molecule is CN(C)c1ccc(-c2nc3cnccc3n2C)cc1. The molecule has 0 saturated heterocycles. The van der Waals surface area contributed by atoms with Crippen LogP contribution in [0.5, 0.6) is 0 Å². The minimum absolute atomic E-state index is 0.927. The lowest BCUT2D eigenvalue weighted by molar-refractivity contribution is 0.959. The van der Waals surface area contributed by atoms with Crippen LogP contribution in [0.4, 0.5) is 5.69 Å². The molecule has 3 aromatic rings. The fraction of sp³-hybridized carbons (Fsp3) is 0.200. The lowest BCUT2D eigenvalue weighted by Crippen LogP contribution is -2.08. The first-order valence-corrected chi connectivity index (χ1v) is 6.21. The highest BCUT2D eigenvalue weighted by atomic mass is 15.1. The van der Waals surface area contributed by atoms with E-state index in [4.69, 9.17) is 0 Å². The van der Waals surface area contributed by atoms with Gasteiger partial charge in [-0.15, -0.1) is 0 Å². The minimum Gasteiger partial charge on any atom is -0.378 e. The molecule has 3 rings (SSSR count). The number of benzene rings is 1. The van der Waals surface area contributed by atoms with Gasteiger partial charge in [-0.05, 0) is 30.3 Å². The van der Waals surface area contributed by atoms with Crippen molar-refractivity contribution in [2.45, 2.75) is 0 Å². The van der Waals surface area contributed by atoms with Gasteiger partial charge in [0.15, 0.2) is 0 Å². The van der Waals surface area contributed by atoms with E-state index in [1.165, 1.54) is 5.69 Å². The minimum atomic E-state index is 0.927. The van der Waals surface area contributed by atoms with Gasteiger partial charge in [-0.2, -0.15) is 0 Å². The van der Waals surface area contributed by atoms with Crippen LogP contribution < -0.4 is 4.90 Å². The lowest BCUT2D eigenvalue weighted by atomic mass is 10.2. The van der Waals surface area contributed by atoms with E-state index in [2.05, 4.69) is 43.7 Å². The van der Waals surface area contributed by atoms with E-state index in [0.29, 0.717) is 0 Å². The van der Waals surface area contributed by atoms with Crippen molar-refractivity contribution >= 4 is 16.7 Å². The molecule has 0 unspecified atom stereocenters. The van der Waals surface area contributed by atoms with Crippen LogP contribution in [0.3, 0.4) is 0 Å². The molecule has 0 aliphatic rings. The van der Waals surface area contributed by atoms with Gasteiger partial charge in [-0.3, -0.25) is 4.98 Å². The number of aromatic nitrogens is 3. The quantitative estimate of drug-likeness (QED) is 0.703. The van der Waals surface area contributed by atoms with Gasteiger partial charge in [-0.25, -0.2) is 4.98 Å². The molecule has 4 heteroatoms. The summed E-state index contributed by atoms with van der Waals surface area (Å²) >= 11 is 0. The number of rotatable bonds is 2. The van der Waals surface area contributed by atoms with Crippen molar-refractivity contribution in [1.82, 2.24) is 14.5 Å². The predicted octanol–water partition coefficient (Wildman–Crippen LogP) is 2.70. The van der Waals surface area contributed by atoms with E-state index in [1.54, 1.807) is 12.4 Å². The second kappa shape index (κ2) is 4.39. The monoisotopic (exact) mass is 252 g/mol. The molecule has 0 aliphatic heterocycles. The standard InChI is InChI=1S/C15H16N4/c1-18(2)12-6-4-11(5-7-12)15-17-13-10-16-9-8-14(13)19(15)3/h4-10H,1-3H3. The molecule has 2 aromatic heterocycles. The molecular weight excluding hydrogens is 236 g/mol. The molecule has 0 amide bonds. The summed E-state index contributed by atoms with van der Waals surface area (Å²) in [5.74, 6) is 0.966. The van der Waals surface area contributed by atoms with E-state index in [-0.39, 0.29) is 0 Å². The molecule has 96 valence electrons. The number of hydrogen-bond acceptors (Lipinski definition) is 3. The van der Waals surface area contributed by atoms with Gasteiger partial charge in [0, 0.05) is 38.6 Å². The molecule has 0 atom stereocenters. The average molecular weight is 252 g/mol. The molecule has 1 aromatic carbocycles. The summed E-state index contributed by atoms with van der Waals surface area (Å²) in [6.07, 6.45) is 3.59. The second-order valence-corrected chi connectivity index (χ2v) is 4.80. The Bertz CT molecular complexity index is 711. The van der Waals surface area contributed by atoms with Crippen molar-refractivity contribution in [3.05, 3.63) is 42.7 Å². The van der Waals surface area contributed by atoms with Crippen molar-refractivity contribution in [1.29, 1.82) is 0 Å². The summed E-state index contributed by atoms with van der Waals surface area (Å²) in [7, 11) is 6.11. The van der Waals surface area contributed by atoms with Crippen molar-refractivity contribution in [2.75, 3.05) is 19.0 Å². The molecule has 0 N–H and O–H groups in total. The van der Waals surface area contributed by atoms with Crippen LogP contribution in [0.1, 0.15) is 0 Å². The van der Waals surface area contributed by atoms with Crippen LogP contribution in [-0.4, -0.2) is 28.6 Å². The first-order valence-electron chi connectivity index (χ1n) is 6.21. The molecule has 19 heavy (non-hydrogen) atoms. The molecule has 4 nitrogen and oxygen atoms in total. The number of imidazole rings is 1. The van der Waals surface area contributed by atoms with Gasteiger partial charge >= 0.3 is 0 Å². The number of fused-ring (bicyclic) bond motifs is 1. The fourth-order valence-corrected chi connectivity index (χ4v) is 2.22. The summed E-state index contributed by atoms with van der Waals surface area (Å²) in [6, 6.07) is 10.4. The Kier molecular flexibility index (Phi) is 2.71. The Labute approximate surface area is 112 Å². The summed E-state index contributed by atoms with van der Waals surface area (Å²) < 4.78 is 2.10. The zero-order valence-corrected chi connectivity index (χ0v) is 11.3. The zero-order valence-electron chi connectivity index (χ0n) is 11.3. The van der Waals surface area contributed by atoms with Crippen LogP contribution in [0, 0.1) is 0 Å². The lowest BCUT2D eigenvalue weighted by Gasteiger charge is -2.12. The second-order valence-electron chi connectivity index (χ2n) is 4.80. The Morgan fingerprint density at radius 1 is 1.05 bits per heavy atom. The molecule has 0 bridgehead atoms. The van der Waals surface area contributed by atoms with Crippen molar-refractivity contribution in [3.63, 3.8) is 0 Å². The number of nitrogens with zero attached hydrogens (tertiary/aromatic N) is 4. The predicted molar refractivity (Wildman–Crippen MR) is 78.3 cm³/mol. The molecular formula is C15H16N4. The van der Waals surface area contributed by atoms with Gasteiger partial charge in [0.1, 0.15) is 11.3 Å². The Hall–Kier alpha value is -2.36. The van der Waals surface area contributed by atoms with E-state index < -0.39 is 0 Å². The smallest absolute Gasteiger partial charge is 0.140 e. The largest absolute Gasteiger partial charge is 0.378 e. The van der Waals surface area contributed by atoms with Crippen LogP contribution in [0.25, 0.3) is 22.4 Å². The Morgan fingerprint density at radius 3 is 2.42 bits per heavy atom. The topological polar surface area (TPSA) is 34.0 Å². The highest BCUT2D eigenvalue weighted by Crippen LogP contribution is 2.24. The average Bonchev–Trinajstić information content (AvgIpc) is 2.77. The van der Waals surface area contributed by atoms with Gasteiger partial charge in [0.25, 0.3) is 0 Å². The molecule has 0 fully saturated rings. The third-order valence-electron chi connectivity index (χ3n) is 3.33. The van der Waals surface area contributed by atoms with E-state index in [9.17, 15) is 0 Å². The first kappa shape index (κ1) is 11.7. The number of pyridine rings is 1. The zero-order chi connectivity index (χ0) is 13.4. The van der Waals surface area contributed by atoms with Crippen LogP contribution in [-0.2, 0) is 7.05 Å². The van der Waals surface area contributed by atoms with Crippen LogP contribution in [0.2, 0.25) is 0 Å². The molecule has 2 heterocycles. The number of anilines is 1. The van der Waals surface area contributed by atoms with Crippen LogP contribution in [0.15, 0.2) is 42.7 Å². The maximum atomic E-state index is 4.64. The number of aryl methyl sites for hydroxylation is 1. The van der Waals surface area contributed by atoms with Crippen molar-refractivity contribution in [3.8, 4) is 11.4 Å². The normalized spacial score (nSPS) is 10.9. The maximum Gasteiger partial charge on any atom is 0.140 e. The molecule has 0 aliphatic carbocycles. The number of hydrogen-bond donors (Lipinski definition) is 0. The Morgan fingerprint density at radius 2 is 1.79 bits per heavy atom. The highest BCUT2D eigenvalue weighted by Gasteiger charge is 2.09. The van der Waals surface area contributed by atoms with Gasteiger partial charge in [0.05, 0.1) is 11.7 Å². The van der Waals surface area contributed by atoms with Gasteiger partial charge in [-0.1, -0.05) is 0 Å². The highest BCUT2D eigenvalue weighted by molar-refractivity contribution is 5.79. The molecule has 0 radical (unpaired) electrons. The van der Waals surface area contributed by atoms with E-state index in [0.717, 1.165) is 22.4 Å². The van der Waals surface area contributed by atoms with E-state index in [1.807, 2.05) is 27.2 Å². The summed E-state index contributed by atoms with van der Waals surface area (Å²) in [4.78, 5) is 10.8. The molecule has 0 saturated carbocycles. The van der Waals surface area contributed by atoms with Crippen molar-refractivity contribution in [2.24, 2.45) is 7.05 Å². The van der Waals surface area contributed by atoms with E-state index >= 15 is 0 Å². The fourth-order valence-electron chi connectivity index (χ4n) is 2.22. The van der Waals surface area contributed by atoms with Crippen molar-refractivity contribution < 1.29 is 0 Å². The maximum absolute atomic E-state index is 4.64. The Balaban J connectivity index is 2.11. The summed E-state index contributed by atoms with van der Waals surface area (Å²) in [5.41, 5.74) is 4.33. The summed E-state index contributed by atoms with van der Waals surface area (Å²) in [5, 5.41) is 0. The summed E-state index contributed by atoms with van der Waals surface area (Å²) in [6.45, 7) is 0. The third kappa shape index (κ3) is 1.95. The van der Waals surface area contributed by atoms with Gasteiger partial charge in [0.2, 0.25) is 0 Å². The first-order chi connectivity index (χ1) is 9.16.